The van der Waals surface area contributed by atoms with Crippen LogP contribution in [0, 0.1) is 0 Å². The van der Waals surface area contributed by atoms with Crippen molar-refractivity contribution in [2.75, 3.05) is 32.6 Å². The van der Waals surface area contributed by atoms with Crippen LogP contribution in [-0.4, -0.2) is 61.2 Å². The van der Waals surface area contributed by atoms with Crippen molar-refractivity contribution in [3.05, 3.63) is 89.4 Å². The highest BCUT2D eigenvalue weighted by molar-refractivity contribution is 7.89. The zero-order valence-electron chi connectivity index (χ0n) is 23.3. The molecule has 2 aromatic heterocycles. The van der Waals surface area contributed by atoms with Gasteiger partial charge in [0.15, 0.2) is 0 Å². The standard InChI is InChI=1S/C31H37N5O4S/c1-40-14-3-15-41(38,39)36-12-8-24(9-13-36)29-21-35-30-27(29)17-26(18-28(30)31(32)37)25-5-2-4-23(16-25)20-34-19-22-6-10-33-11-7-22/h2,4-7,10-11,16-18,21,24,34-35H,3,8-9,12-15,19-20H2,1H3,(H2,32,37). The number of nitrogens with zero attached hydrogens (tertiary/aromatic N) is 2. The number of hydrogen-bond donors (Lipinski definition) is 3. The van der Waals surface area contributed by atoms with Gasteiger partial charge in [0.05, 0.1) is 16.8 Å². The molecule has 0 aliphatic carbocycles. The number of pyridine rings is 1. The molecule has 5 rings (SSSR count). The Morgan fingerprint density at radius 2 is 1.83 bits per heavy atom. The number of rotatable bonds is 12. The molecule has 216 valence electrons. The monoisotopic (exact) mass is 575 g/mol. The van der Waals surface area contributed by atoms with Crippen molar-refractivity contribution in [3.8, 4) is 11.1 Å². The number of carbonyl (C=O) groups is 1. The number of hydrogen-bond acceptors (Lipinski definition) is 6. The van der Waals surface area contributed by atoms with E-state index in [2.05, 4.69) is 33.5 Å². The number of amides is 1. The second-order valence-corrected chi connectivity index (χ2v) is 12.6. The van der Waals surface area contributed by atoms with Crippen molar-refractivity contribution in [2.45, 2.75) is 38.3 Å². The molecule has 10 heteroatoms. The minimum Gasteiger partial charge on any atom is -0.385 e. The van der Waals surface area contributed by atoms with Crippen LogP contribution in [0.1, 0.15) is 52.2 Å². The van der Waals surface area contributed by atoms with E-state index in [0.717, 1.165) is 39.7 Å². The van der Waals surface area contributed by atoms with Crippen LogP contribution in [0.25, 0.3) is 22.0 Å². The number of ether oxygens (including phenoxy) is 1. The molecule has 2 aromatic carbocycles. The summed E-state index contributed by atoms with van der Waals surface area (Å²) < 4.78 is 32.1. The first kappa shape index (κ1) is 28.9. The highest BCUT2D eigenvalue weighted by Gasteiger charge is 2.30. The molecule has 1 fully saturated rings. The normalized spacial score (nSPS) is 15.0. The van der Waals surface area contributed by atoms with E-state index in [4.69, 9.17) is 10.5 Å². The Labute approximate surface area is 241 Å². The molecule has 4 aromatic rings. The Morgan fingerprint density at radius 1 is 1.07 bits per heavy atom. The fourth-order valence-electron chi connectivity index (χ4n) is 5.62. The summed E-state index contributed by atoms with van der Waals surface area (Å²) in [7, 11) is -1.72. The molecule has 1 aliphatic rings. The number of aromatic amines is 1. The SMILES string of the molecule is COCCCS(=O)(=O)N1CCC(c2c[nH]c3c(C(N)=O)cc(-c4cccc(CNCc5ccncc5)c4)cc23)CC1. The van der Waals surface area contributed by atoms with Crippen molar-refractivity contribution < 1.29 is 17.9 Å². The van der Waals surface area contributed by atoms with E-state index in [1.54, 1.807) is 23.8 Å². The maximum atomic E-state index is 12.8. The van der Waals surface area contributed by atoms with Gasteiger partial charge in [-0.3, -0.25) is 9.78 Å². The average Bonchev–Trinajstić information content (AvgIpc) is 3.41. The summed E-state index contributed by atoms with van der Waals surface area (Å²) in [4.78, 5) is 19.8. The average molecular weight is 576 g/mol. The lowest BCUT2D eigenvalue weighted by Crippen LogP contribution is -2.39. The molecule has 41 heavy (non-hydrogen) atoms. The van der Waals surface area contributed by atoms with Gasteiger partial charge in [-0.2, -0.15) is 0 Å². The zero-order valence-corrected chi connectivity index (χ0v) is 24.1. The quantitative estimate of drug-likeness (QED) is 0.218. The van der Waals surface area contributed by atoms with Crippen molar-refractivity contribution in [1.29, 1.82) is 0 Å². The van der Waals surface area contributed by atoms with Crippen LogP contribution in [0.15, 0.2) is 67.1 Å². The van der Waals surface area contributed by atoms with Gasteiger partial charge >= 0.3 is 0 Å². The maximum Gasteiger partial charge on any atom is 0.250 e. The molecule has 0 spiro atoms. The van der Waals surface area contributed by atoms with Crippen LogP contribution in [0.5, 0.6) is 0 Å². The van der Waals surface area contributed by atoms with E-state index in [-0.39, 0.29) is 11.7 Å². The smallest absolute Gasteiger partial charge is 0.250 e. The van der Waals surface area contributed by atoms with Crippen LogP contribution in [0.2, 0.25) is 0 Å². The van der Waals surface area contributed by atoms with Crippen LogP contribution in [-0.2, 0) is 27.8 Å². The van der Waals surface area contributed by atoms with Crippen LogP contribution < -0.4 is 11.1 Å². The molecule has 0 radical (unpaired) electrons. The summed E-state index contributed by atoms with van der Waals surface area (Å²) in [5.41, 5.74) is 12.3. The molecule has 9 nitrogen and oxygen atoms in total. The summed E-state index contributed by atoms with van der Waals surface area (Å²) in [5, 5.41) is 4.43. The lowest BCUT2D eigenvalue weighted by Gasteiger charge is -2.31. The fourth-order valence-corrected chi connectivity index (χ4v) is 7.13. The van der Waals surface area contributed by atoms with Gasteiger partial charge in [-0.15, -0.1) is 0 Å². The van der Waals surface area contributed by atoms with Gasteiger partial charge in [-0.25, -0.2) is 12.7 Å². The van der Waals surface area contributed by atoms with Crippen LogP contribution in [0.4, 0.5) is 0 Å². The minimum atomic E-state index is -3.30. The summed E-state index contributed by atoms with van der Waals surface area (Å²) in [6.45, 7) is 2.82. The Bertz CT molecular complexity index is 1600. The second-order valence-electron chi connectivity index (χ2n) is 10.5. The van der Waals surface area contributed by atoms with E-state index in [1.807, 2.05) is 36.5 Å². The van der Waals surface area contributed by atoms with E-state index < -0.39 is 15.9 Å². The Kier molecular flexibility index (Phi) is 9.14. The minimum absolute atomic E-state index is 0.0994. The zero-order chi connectivity index (χ0) is 28.8. The Balaban J connectivity index is 1.36. The van der Waals surface area contributed by atoms with E-state index in [1.165, 1.54) is 5.56 Å². The summed E-state index contributed by atoms with van der Waals surface area (Å²) in [6, 6.07) is 16.2. The van der Waals surface area contributed by atoms with Gasteiger partial charge in [-0.1, -0.05) is 18.2 Å². The van der Waals surface area contributed by atoms with Crippen molar-refractivity contribution >= 4 is 26.8 Å². The van der Waals surface area contributed by atoms with Gasteiger partial charge in [-0.05, 0) is 83.3 Å². The molecule has 3 heterocycles. The summed E-state index contributed by atoms with van der Waals surface area (Å²) >= 11 is 0. The van der Waals surface area contributed by atoms with Crippen LogP contribution >= 0.6 is 0 Å². The third-order valence-electron chi connectivity index (χ3n) is 7.79. The third kappa shape index (κ3) is 6.84. The highest BCUT2D eigenvalue weighted by atomic mass is 32.2. The number of fused-ring (bicyclic) bond motifs is 1. The maximum absolute atomic E-state index is 12.8. The molecule has 0 saturated carbocycles. The first-order valence-electron chi connectivity index (χ1n) is 14.0. The fraction of sp³-hybridized carbons (Fsp3) is 0.355. The van der Waals surface area contributed by atoms with Crippen LogP contribution in [0.3, 0.4) is 0 Å². The van der Waals surface area contributed by atoms with E-state index in [9.17, 15) is 13.2 Å². The van der Waals surface area contributed by atoms with E-state index >= 15 is 0 Å². The lowest BCUT2D eigenvalue weighted by atomic mass is 9.88. The first-order chi connectivity index (χ1) is 19.9. The third-order valence-corrected chi connectivity index (χ3v) is 9.75. The largest absolute Gasteiger partial charge is 0.385 e. The summed E-state index contributed by atoms with van der Waals surface area (Å²) in [6.07, 6.45) is 7.44. The van der Waals surface area contributed by atoms with Gasteiger partial charge in [0.25, 0.3) is 5.91 Å². The number of sulfonamides is 1. The highest BCUT2D eigenvalue weighted by Crippen LogP contribution is 2.37. The molecular weight excluding hydrogens is 538 g/mol. The molecule has 1 aliphatic heterocycles. The molecule has 1 amide bonds. The number of methoxy groups -OCH3 is 1. The molecule has 0 bridgehead atoms. The predicted octanol–water partition coefficient (Wildman–Crippen LogP) is 4.16. The number of primary amides is 1. The van der Waals surface area contributed by atoms with E-state index in [0.29, 0.717) is 51.1 Å². The number of H-pyrrole nitrogens is 1. The van der Waals surface area contributed by atoms with Crippen molar-refractivity contribution in [3.63, 3.8) is 0 Å². The number of aromatic nitrogens is 2. The molecule has 0 unspecified atom stereocenters. The number of nitrogens with one attached hydrogen (secondary N) is 2. The van der Waals surface area contributed by atoms with Crippen molar-refractivity contribution in [1.82, 2.24) is 19.6 Å². The lowest BCUT2D eigenvalue weighted by molar-refractivity contribution is 0.100. The van der Waals surface area contributed by atoms with Gasteiger partial charge in [0.1, 0.15) is 0 Å². The summed E-state index contributed by atoms with van der Waals surface area (Å²) in [5.74, 6) is -0.214. The van der Waals surface area contributed by atoms with Gasteiger partial charge in [0, 0.05) is 63.9 Å². The number of carbonyl (C=O) groups excluding carboxylic acids is 1. The second kappa shape index (κ2) is 12.9. The Hall–Kier alpha value is -3.57. The number of piperidine rings is 1. The Morgan fingerprint density at radius 3 is 2.56 bits per heavy atom. The number of benzene rings is 2. The topological polar surface area (TPSA) is 130 Å². The molecular formula is C31H37N5O4S. The van der Waals surface area contributed by atoms with Crippen molar-refractivity contribution in [2.24, 2.45) is 5.73 Å². The van der Waals surface area contributed by atoms with Gasteiger partial charge < -0.3 is 20.8 Å². The first-order valence-corrected chi connectivity index (χ1v) is 15.6. The molecule has 1 saturated heterocycles. The molecule has 4 N–H and O–H groups in total. The molecule has 0 atom stereocenters. The van der Waals surface area contributed by atoms with Gasteiger partial charge in [0.2, 0.25) is 10.0 Å². The predicted molar refractivity (Wildman–Crippen MR) is 161 cm³/mol. The number of nitrogens with two attached hydrogens (primary N) is 1.